The molecule has 0 aliphatic carbocycles. The molecular formula is C6H13NO5S. The Labute approximate surface area is 77.2 Å². The van der Waals surface area contributed by atoms with Crippen LogP contribution in [0, 0.1) is 0 Å². The standard InChI is InChI=1S/C6H10O5S.H3N/c1-3-6(7)10-4-5-11-12(2,8)9;/h3H,1,4-5H2,2H3;1H3. The van der Waals surface area contributed by atoms with E-state index >= 15 is 0 Å². The molecule has 0 aromatic carbocycles. The van der Waals surface area contributed by atoms with Gasteiger partial charge in [0.2, 0.25) is 0 Å². The predicted octanol–water partition coefficient (Wildman–Crippen LogP) is -0.146. The van der Waals surface area contributed by atoms with Crippen LogP contribution in [0.3, 0.4) is 0 Å². The zero-order valence-electron chi connectivity index (χ0n) is 7.36. The van der Waals surface area contributed by atoms with Crippen LogP contribution >= 0.6 is 0 Å². The van der Waals surface area contributed by atoms with Crippen molar-refractivity contribution >= 4 is 16.1 Å². The summed E-state index contributed by atoms with van der Waals surface area (Å²) in [4.78, 5) is 10.4. The lowest BCUT2D eigenvalue weighted by atomic mass is 10.6. The molecule has 0 spiro atoms. The smallest absolute Gasteiger partial charge is 0.330 e. The molecule has 0 atom stereocenters. The molecule has 7 heteroatoms. The molecule has 3 N–H and O–H groups in total. The first-order valence-corrected chi connectivity index (χ1v) is 4.91. The minimum Gasteiger partial charge on any atom is -0.460 e. The average Bonchev–Trinajstić information content (AvgIpc) is 1.96. The molecule has 0 aliphatic rings. The SMILES string of the molecule is C=CC(=O)OCCOS(C)(=O)=O.N. The molecule has 0 rings (SSSR count). The Hall–Kier alpha value is -0.920. The van der Waals surface area contributed by atoms with Crippen molar-refractivity contribution in [3.05, 3.63) is 12.7 Å². The molecule has 0 heterocycles. The van der Waals surface area contributed by atoms with Crippen molar-refractivity contribution in [2.45, 2.75) is 0 Å². The molecule has 0 aliphatic heterocycles. The van der Waals surface area contributed by atoms with E-state index in [2.05, 4.69) is 15.5 Å². The normalized spacial score (nSPS) is 9.92. The Balaban J connectivity index is 0. The van der Waals surface area contributed by atoms with Crippen molar-refractivity contribution in [2.24, 2.45) is 0 Å². The van der Waals surface area contributed by atoms with Gasteiger partial charge < -0.3 is 10.9 Å². The third-order valence-electron chi connectivity index (χ3n) is 0.792. The van der Waals surface area contributed by atoms with Gasteiger partial charge in [-0.2, -0.15) is 8.42 Å². The van der Waals surface area contributed by atoms with E-state index in [1.54, 1.807) is 0 Å². The van der Waals surface area contributed by atoms with E-state index in [4.69, 9.17) is 0 Å². The molecule has 78 valence electrons. The minimum atomic E-state index is -3.45. The first kappa shape index (κ1) is 14.6. The van der Waals surface area contributed by atoms with Gasteiger partial charge in [-0.05, 0) is 0 Å². The highest BCUT2D eigenvalue weighted by atomic mass is 32.2. The van der Waals surface area contributed by atoms with Gasteiger partial charge in [-0.25, -0.2) is 4.79 Å². The largest absolute Gasteiger partial charge is 0.460 e. The van der Waals surface area contributed by atoms with E-state index in [9.17, 15) is 13.2 Å². The lowest BCUT2D eigenvalue weighted by Crippen LogP contribution is -2.11. The van der Waals surface area contributed by atoms with Crippen LogP contribution in [0.15, 0.2) is 12.7 Å². The van der Waals surface area contributed by atoms with Crippen molar-refractivity contribution in [1.82, 2.24) is 6.15 Å². The number of rotatable bonds is 5. The van der Waals surface area contributed by atoms with Gasteiger partial charge >= 0.3 is 5.97 Å². The van der Waals surface area contributed by atoms with Gasteiger partial charge in [0.05, 0.1) is 6.26 Å². The van der Waals surface area contributed by atoms with Gasteiger partial charge in [0, 0.05) is 6.08 Å². The topological polar surface area (TPSA) is 105 Å². The third-order valence-corrected chi connectivity index (χ3v) is 1.39. The maximum absolute atomic E-state index is 10.4. The summed E-state index contributed by atoms with van der Waals surface area (Å²) in [5, 5.41) is 0. The highest BCUT2D eigenvalue weighted by molar-refractivity contribution is 7.85. The highest BCUT2D eigenvalue weighted by Gasteiger charge is 2.01. The van der Waals surface area contributed by atoms with Crippen molar-refractivity contribution in [1.29, 1.82) is 0 Å². The van der Waals surface area contributed by atoms with Crippen LogP contribution in [0.5, 0.6) is 0 Å². The van der Waals surface area contributed by atoms with Crippen LogP contribution in [-0.4, -0.2) is 33.9 Å². The number of carbonyl (C=O) groups excluding carboxylic acids is 1. The van der Waals surface area contributed by atoms with Crippen LogP contribution in [-0.2, 0) is 23.8 Å². The van der Waals surface area contributed by atoms with Gasteiger partial charge in [0.1, 0.15) is 13.2 Å². The monoisotopic (exact) mass is 211 g/mol. The molecule has 0 bridgehead atoms. The molecule has 13 heavy (non-hydrogen) atoms. The first-order valence-electron chi connectivity index (χ1n) is 3.09. The highest BCUT2D eigenvalue weighted by Crippen LogP contribution is 1.87. The Morgan fingerprint density at radius 1 is 1.46 bits per heavy atom. The van der Waals surface area contributed by atoms with Gasteiger partial charge in [-0.1, -0.05) is 6.58 Å². The number of hydrogen-bond acceptors (Lipinski definition) is 6. The zero-order chi connectivity index (χ0) is 9.61. The molecule has 0 fully saturated rings. The van der Waals surface area contributed by atoms with E-state index in [0.717, 1.165) is 12.3 Å². The number of ether oxygens (including phenoxy) is 1. The van der Waals surface area contributed by atoms with E-state index in [1.807, 2.05) is 0 Å². The Kier molecular flexibility index (Phi) is 7.39. The predicted molar refractivity (Wildman–Crippen MR) is 47.0 cm³/mol. The van der Waals surface area contributed by atoms with Gasteiger partial charge in [0.25, 0.3) is 10.1 Å². The first-order chi connectivity index (χ1) is 5.45. The van der Waals surface area contributed by atoms with E-state index in [1.165, 1.54) is 0 Å². The van der Waals surface area contributed by atoms with Crippen LogP contribution in [0.2, 0.25) is 0 Å². The van der Waals surface area contributed by atoms with E-state index in [-0.39, 0.29) is 19.4 Å². The maximum Gasteiger partial charge on any atom is 0.330 e. The molecule has 0 saturated carbocycles. The lowest BCUT2D eigenvalue weighted by molar-refractivity contribution is -0.138. The summed E-state index contributed by atoms with van der Waals surface area (Å²) in [6.07, 6.45) is 1.91. The van der Waals surface area contributed by atoms with Gasteiger partial charge in [0.15, 0.2) is 0 Å². The van der Waals surface area contributed by atoms with Crippen LogP contribution in [0.25, 0.3) is 0 Å². The van der Waals surface area contributed by atoms with Crippen LogP contribution < -0.4 is 6.15 Å². The summed E-state index contributed by atoms with van der Waals surface area (Å²) in [7, 11) is -3.45. The van der Waals surface area contributed by atoms with E-state index < -0.39 is 16.1 Å². The fraction of sp³-hybridized carbons (Fsp3) is 0.500. The summed E-state index contributed by atoms with van der Waals surface area (Å²) in [5.41, 5.74) is 0. The molecule has 0 saturated heterocycles. The van der Waals surface area contributed by atoms with Crippen molar-refractivity contribution in [2.75, 3.05) is 19.5 Å². The average molecular weight is 211 g/mol. The second-order valence-corrected chi connectivity index (χ2v) is 3.54. The second kappa shape index (κ2) is 6.58. The van der Waals surface area contributed by atoms with Gasteiger partial charge in [-0.15, -0.1) is 0 Å². The Morgan fingerprint density at radius 2 is 2.00 bits per heavy atom. The molecular weight excluding hydrogens is 198 g/mol. The molecule has 6 nitrogen and oxygen atoms in total. The molecule has 0 unspecified atom stereocenters. The summed E-state index contributed by atoms with van der Waals surface area (Å²) in [5.74, 6) is -0.605. The number of esters is 1. The van der Waals surface area contributed by atoms with E-state index in [0.29, 0.717) is 0 Å². The molecule has 0 radical (unpaired) electrons. The molecule has 0 amide bonds. The summed E-state index contributed by atoms with van der Waals surface area (Å²) in [6.45, 7) is 2.89. The third kappa shape index (κ3) is 11.1. The van der Waals surface area contributed by atoms with Crippen LogP contribution in [0.4, 0.5) is 0 Å². The van der Waals surface area contributed by atoms with Crippen LogP contribution in [0.1, 0.15) is 0 Å². The Bertz CT molecular complexity index is 258. The zero-order valence-corrected chi connectivity index (χ0v) is 8.17. The number of hydrogen-bond donors (Lipinski definition) is 1. The maximum atomic E-state index is 10.4. The quantitative estimate of drug-likeness (QED) is 0.293. The lowest BCUT2D eigenvalue weighted by Gasteiger charge is -2.00. The van der Waals surface area contributed by atoms with Crippen molar-refractivity contribution < 1.29 is 22.1 Å². The fourth-order valence-corrected chi connectivity index (χ4v) is 0.757. The Morgan fingerprint density at radius 3 is 2.38 bits per heavy atom. The summed E-state index contributed by atoms with van der Waals surface area (Å²) < 4.78 is 29.5. The van der Waals surface area contributed by atoms with Crippen molar-refractivity contribution in [3.8, 4) is 0 Å². The molecule has 0 aromatic rings. The minimum absolute atomic E-state index is 0. The number of carbonyl (C=O) groups is 1. The second-order valence-electron chi connectivity index (χ2n) is 1.90. The van der Waals surface area contributed by atoms with Crippen molar-refractivity contribution in [3.63, 3.8) is 0 Å². The summed E-state index contributed by atoms with van der Waals surface area (Å²) in [6, 6.07) is 0. The molecule has 0 aromatic heterocycles. The summed E-state index contributed by atoms with van der Waals surface area (Å²) >= 11 is 0. The van der Waals surface area contributed by atoms with Gasteiger partial charge in [-0.3, -0.25) is 4.18 Å². The fourth-order valence-electron chi connectivity index (χ4n) is 0.387.